The first-order valence-corrected chi connectivity index (χ1v) is 13.2. The van der Waals surface area contributed by atoms with Gasteiger partial charge in [0.25, 0.3) is 0 Å². The number of likely N-dealkylation sites (tertiary alicyclic amines) is 1. The molecule has 0 saturated carbocycles. The number of aromatic nitrogens is 2. The molecule has 200 valence electrons. The average Bonchev–Trinajstić information content (AvgIpc) is 3.21. The van der Waals surface area contributed by atoms with Gasteiger partial charge in [-0.05, 0) is 75.9 Å². The lowest BCUT2D eigenvalue weighted by atomic mass is 9.95. The molecule has 1 saturated heterocycles. The summed E-state index contributed by atoms with van der Waals surface area (Å²) in [7, 11) is 3.50. The third-order valence-electron chi connectivity index (χ3n) is 7.31. The predicted octanol–water partition coefficient (Wildman–Crippen LogP) is 5.43. The smallest absolute Gasteiger partial charge is 0.161 e. The number of hydrogen-bond acceptors (Lipinski definition) is 6. The van der Waals surface area contributed by atoms with Gasteiger partial charge in [-0.1, -0.05) is 23.8 Å². The lowest BCUT2D eigenvalue weighted by Crippen LogP contribution is -2.39. The Hall–Kier alpha value is -3.03. The molecular formula is C30H41N3O4. The van der Waals surface area contributed by atoms with Crippen molar-refractivity contribution >= 4 is 0 Å². The van der Waals surface area contributed by atoms with Crippen molar-refractivity contribution in [2.75, 3.05) is 40.5 Å². The third-order valence-corrected chi connectivity index (χ3v) is 7.31. The van der Waals surface area contributed by atoms with Crippen LogP contribution in [-0.4, -0.2) is 60.6 Å². The van der Waals surface area contributed by atoms with Gasteiger partial charge in [0.1, 0.15) is 23.8 Å². The molecule has 0 amide bonds. The van der Waals surface area contributed by atoms with Crippen LogP contribution in [0.25, 0.3) is 0 Å². The van der Waals surface area contributed by atoms with Gasteiger partial charge in [-0.25, -0.2) is 4.98 Å². The van der Waals surface area contributed by atoms with E-state index in [0.717, 1.165) is 74.9 Å². The highest BCUT2D eigenvalue weighted by atomic mass is 16.5. The summed E-state index contributed by atoms with van der Waals surface area (Å²) in [4.78, 5) is 6.78. The van der Waals surface area contributed by atoms with Gasteiger partial charge in [0, 0.05) is 39.1 Å². The van der Waals surface area contributed by atoms with Crippen LogP contribution < -0.4 is 14.2 Å². The van der Waals surface area contributed by atoms with Crippen molar-refractivity contribution in [3.05, 3.63) is 71.8 Å². The van der Waals surface area contributed by atoms with Crippen molar-refractivity contribution in [3.8, 4) is 17.2 Å². The highest BCUT2D eigenvalue weighted by Crippen LogP contribution is 2.31. The summed E-state index contributed by atoms with van der Waals surface area (Å²) in [5.41, 5.74) is 2.19. The maximum absolute atomic E-state index is 6.14. The van der Waals surface area contributed by atoms with Gasteiger partial charge in [-0.15, -0.1) is 0 Å². The van der Waals surface area contributed by atoms with E-state index in [9.17, 15) is 0 Å². The number of aryl methyl sites for hydroxylation is 3. The first-order valence-electron chi connectivity index (χ1n) is 13.2. The van der Waals surface area contributed by atoms with Gasteiger partial charge in [0.15, 0.2) is 11.5 Å². The van der Waals surface area contributed by atoms with Crippen LogP contribution >= 0.6 is 0 Å². The fraction of sp³-hybridized carbons (Fsp3) is 0.500. The van der Waals surface area contributed by atoms with Gasteiger partial charge < -0.3 is 23.5 Å². The van der Waals surface area contributed by atoms with Crippen molar-refractivity contribution in [1.29, 1.82) is 0 Å². The molecule has 0 N–H and O–H groups in total. The zero-order valence-corrected chi connectivity index (χ0v) is 22.7. The van der Waals surface area contributed by atoms with Crippen molar-refractivity contribution in [1.82, 2.24) is 14.5 Å². The fourth-order valence-electron chi connectivity index (χ4n) is 4.89. The zero-order chi connectivity index (χ0) is 26.1. The second-order valence-corrected chi connectivity index (χ2v) is 9.97. The average molecular weight is 508 g/mol. The zero-order valence-electron chi connectivity index (χ0n) is 22.7. The Bertz CT molecular complexity index is 1110. The van der Waals surface area contributed by atoms with Gasteiger partial charge in [-0.3, -0.25) is 4.90 Å². The molecule has 0 aliphatic carbocycles. The van der Waals surface area contributed by atoms with Gasteiger partial charge in [0.05, 0.1) is 13.7 Å². The van der Waals surface area contributed by atoms with Gasteiger partial charge in [0.2, 0.25) is 0 Å². The summed E-state index contributed by atoms with van der Waals surface area (Å²) in [5.74, 6) is 3.49. The van der Waals surface area contributed by atoms with Crippen molar-refractivity contribution in [2.24, 2.45) is 0 Å². The van der Waals surface area contributed by atoms with E-state index in [4.69, 9.17) is 18.9 Å². The summed E-state index contributed by atoms with van der Waals surface area (Å²) in [5, 5.41) is 0. The number of methoxy groups -OCH3 is 2. The predicted molar refractivity (Wildman–Crippen MR) is 146 cm³/mol. The molecule has 2 heterocycles. The molecule has 0 radical (unpaired) electrons. The monoisotopic (exact) mass is 507 g/mol. The number of ether oxygens (including phenoxy) is 4. The van der Waals surface area contributed by atoms with E-state index in [0.29, 0.717) is 13.2 Å². The molecule has 1 aromatic heterocycles. The van der Waals surface area contributed by atoms with Crippen LogP contribution in [0.5, 0.6) is 17.2 Å². The highest BCUT2D eigenvalue weighted by Gasteiger charge is 2.33. The molecule has 7 heteroatoms. The Morgan fingerprint density at radius 2 is 1.78 bits per heavy atom. The first kappa shape index (κ1) is 27.0. The summed E-state index contributed by atoms with van der Waals surface area (Å²) >= 11 is 0. The molecule has 2 aromatic carbocycles. The van der Waals surface area contributed by atoms with Crippen molar-refractivity contribution in [2.45, 2.75) is 58.2 Å². The van der Waals surface area contributed by atoms with E-state index in [1.807, 2.05) is 44.6 Å². The Balaban J connectivity index is 1.31. The normalized spacial score (nSPS) is 18.4. The maximum atomic E-state index is 6.14. The van der Waals surface area contributed by atoms with Crippen LogP contribution in [0.3, 0.4) is 0 Å². The van der Waals surface area contributed by atoms with Crippen molar-refractivity contribution < 1.29 is 18.9 Å². The van der Waals surface area contributed by atoms with Gasteiger partial charge >= 0.3 is 0 Å². The quantitative estimate of drug-likeness (QED) is 0.305. The standard InChI is InChI=1S/C30H41N3O4/c1-24-7-10-27(11-8-24)37-23-30(35-4)13-5-16-32(18-14-30)22-26-9-12-28(34-3)29(21-26)36-20-6-17-33-19-15-31-25(33)2/h7-12,15,19,21H,5-6,13-14,16-18,20,22-23H2,1-4H3. The van der Waals surface area contributed by atoms with Crippen LogP contribution in [0.4, 0.5) is 0 Å². The van der Waals surface area contributed by atoms with E-state index < -0.39 is 0 Å². The summed E-state index contributed by atoms with van der Waals surface area (Å²) in [6.07, 6.45) is 7.73. The molecule has 1 aliphatic heterocycles. The van der Waals surface area contributed by atoms with Crippen LogP contribution in [0, 0.1) is 13.8 Å². The lowest BCUT2D eigenvalue weighted by Gasteiger charge is -2.31. The molecule has 7 nitrogen and oxygen atoms in total. The number of hydrogen-bond donors (Lipinski definition) is 0. The lowest BCUT2D eigenvalue weighted by molar-refractivity contribution is -0.0541. The SMILES string of the molecule is COc1ccc(CN2CCCC(COc3ccc(C)cc3)(OC)CC2)cc1OCCCn1ccnc1C. The fourth-order valence-corrected chi connectivity index (χ4v) is 4.89. The number of imidazole rings is 1. The molecule has 1 unspecified atom stereocenters. The molecule has 37 heavy (non-hydrogen) atoms. The number of rotatable bonds is 12. The third kappa shape index (κ3) is 7.49. The largest absolute Gasteiger partial charge is 0.493 e. The van der Waals surface area contributed by atoms with E-state index >= 15 is 0 Å². The Labute approximate surface area is 221 Å². The minimum Gasteiger partial charge on any atom is -0.493 e. The molecule has 3 aromatic rings. The number of nitrogens with zero attached hydrogens (tertiary/aromatic N) is 3. The van der Waals surface area contributed by atoms with Gasteiger partial charge in [-0.2, -0.15) is 0 Å². The van der Waals surface area contributed by atoms with Crippen molar-refractivity contribution in [3.63, 3.8) is 0 Å². The second-order valence-electron chi connectivity index (χ2n) is 9.97. The minimum atomic E-state index is -0.262. The first-order chi connectivity index (χ1) is 18.0. The molecule has 4 rings (SSSR count). The highest BCUT2D eigenvalue weighted by molar-refractivity contribution is 5.43. The number of benzene rings is 2. The molecule has 1 aliphatic rings. The van der Waals surface area contributed by atoms with Crippen LogP contribution in [0.15, 0.2) is 54.9 Å². The molecule has 0 spiro atoms. The second kappa shape index (κ2) is 13.0. The molecular weight excluding hydrogens is 466 g/mol. The Morgan fingerprint density at radius 3 is 2.51 bits per heavy atom. The van der Waals surface area contributed by atoms with E-state index in [1.165, 1.54) is 11.1 Å². The van der Waals surface area contributed by atoms with E-state index in [2.05, 4.69) is 45.6 Å². The van der Waals surface area contributed by atoms with Crippen LogP contribution in [0.2, 0.25) is 0 Å². The van der Waals surface area contributed by atoms with E-state index in [-0.39, 0.29) is 5.60 Å². The molecule has 0 bridgehead atoms. The van der Waals surface area contributed by atoms with Crippen LogP contribution in [0.1, 0.15) is 42.6 Å². The summed E-state index contributed by atoms with van der Waals surface area (Å²) < 4.78 is 26.0. The summed E-state index contributed by atoms with van der Waals surface area (Å²) in [6.45, 7) is 9.04. The molecule has 1 fully saturated rings. The maximum Gasteiger partial charge on any atom is 0.161 e. The van der Waals surface area contributed by atoms with E-state index in [1.54, 1.807) is 7.11 Å². The Kier molecular flexibility index (Phi) is 9.47. The minimum absolute atomic E-state index is 0.262. The van der Waals surface area contributed by atoms with Crippen LogP contribution in [-0.2, 0) is 17.8 Å². The Morgan fingerprint density at radius 1 is 0.946 bits per heavy atom. The summed E-state index contributed by atoms with van der Waals surface area (Å²) in [6, 6.07) is 14.5. The topological polar surface area (TPSA) is 58.0 Å². The molecule has 1 atom stereocenters.